The fourth-order valence-corrected chi connectivity index (χ4v) is 2.59. The van der Waals surface area contributed by atoms with Crippen molar-refractivity contribution in [2.75, 3.05) is 13.1 Å². The maximum atomic E-state index is 12.0. The highest BCUT2D eigenvalue weighted by molar-refractivity contribution is 5.76. The number of carbonyl (C=O) groups excluding carboxylic acids is 1. The van der Waals surface area contributed by atoms with Gasteiger partial charge in [-0.25, -0.2) is 0 Å². The van der Waals surface area contributed by atoms with Crippen molar-refractivity contribution in [3.63, 3.8) is 0 Å². The minimum Gasteiger partial charge on any atom is -0.481 e. The number of hydrogen-bond acceptors (Lipinski definition) is 3. The Morgan fingerprint density at radius 1 is 1.42 bits per heavy atom. The summed E-state index contributed by atoms with van der Waals surface area (Å²) in [5.74, 6) is -0.205. The van der Waals surface area contributed by atoms with Gasteiger partial charge in [0.2, 0.25) is 5.91 Å². The number of carboxylic acid groups (broad SMARTS) is 1. The number of likely N-dealkylation sites (tertiary alicyclic amines) is 1. The molecule has 2 unspecified atom stereocenters. The van der Waals surface area contributed by atoms with Crippen molar-refractivity contribution in [2.45, 2.75) is 57.9 Å². The minimum atomic E-state index is -0.750. The second kappa shape index (κ2) is 8.15. The lowest BCUT2D eigenvalue weighted by molar-refractivity contribution is -0.137. The average Bonchev–Trinajstić information content (AvgIpc) is 2.36. The summed E-state index contributed by atoms with van der Waals surface area (Å²) in [6.07, 6.45) is 5.19. The Labute approximate surface area is 115 Å². The van der Waals surface area contributed by atoms with E-state index in [0.717, 1.165) is 38.8 Å². The number of piperidine rings is 1. The van der Waals surface area contributed by atoms with E-state index >= 15 is 0 Å². The number of nitrogens with zero attached hydrogens (tertiary/aromatic N) is 1. The topological polar surface area (TPSA) is 83.6 Å². The van der Waals surface area contributed by atoms with Gasteiger partial charge in [-0.1, -0.05) is 0 Å². The molecule has 1 aliphatic heterocycles. The van der Waals surface area contributed by atoms with E-state index in [1.165, 1.54) is 0 Å². The second-order valence-electron chi connectivity index (χ2n) is 5.65. The zero-order chi connectivity index (χ0) is 14.3. The molecule has 1 fully saturated rings. The predicted octanol–water partition coefficient (Wildman–Crippen LogP) is 1.61. The molecular formula is C14H26N2O3. The quantitative estimate of drug-likeness (QED) is 0.736. The number of nitrogens with two attached hydrogens (primary N) is 1. The molecule has 0 spiro atoms. The van der Waals surface area contributed by atoms with Crippen LogP contribution in [-0.4, -0.2) is 41.0 Å². The molecule has 0 bridgehead atoms. The highest BCUT2D eigenvalue weighted by atomic mass is 16.4. The van der Waals surface area contributed by atoms with Gasteiger partial charge in [-0.15, -0.1) is 0 Å². The monoisotopic (exact) mass is 270 g/mol. The highest BCUT2D eigenvalue weighted by Gasteiger charge is 2.23. The summed E-state index contributed by atoms with van der Waals surface area (Å²) in [6.45, 7) is 3.50. The van der Waals surface area contributed by atoms with E-state index in [2.05, 4.69) is 0 Å². The summed E-state index contributed by atoms with van der Waals surface area (Å²) in [5.41, 5.74) is 5.67. The molecule has 1 saturated heterocycles. The van der Waals surface area contributed by atoms with Gasteiger partial charge in [0.1, 0.15) is 0 Å². The van der Waals surface area contributed by atoms with Crippen LogP contribution >= 0.6 is 0 Å². The molecule has 0 aromatic rings. The normalized spacial score (nSPS) is 21.2. The summed E-state index contributed by atoms with van der Waals surface area (Å²) >= 11 is 0. The number of amides is 1. The number of aliphatic carboxylic acids is 1. The standard InChI is InChI=1S/C14H26N2O3/c1-11(15)4-2-6-13(17)16-9-3-5-12(10-16)7-8-14(18)19/h11-12H,2-10,15H2,1H3,(H,18,19). The number of carbonyl (C=O) groups is 2. The van der Waals surface area contributed by atoms with E-state index in [4.69, 9.17) is 10.8 Å². The summed E-state index contributed by atoms with van der Waals surface area (Å²) in [4.78, 5) is 24.5. The van der Waals surface area contributed by atoms with Crippen molar-refractivity contribution in [3.05, 3.63) is 0 Å². The van der Waals surface area contributed by atoms with Crippen molar-refractivity contribution in [1.29, 1.82) is 0 Å². The van der Waals surface area contributed by atoms with E-state index in [9.17, 15) is 9.59 Å². The molecule has 1 heterocycles. The van der Waals surface area contributed by atoms with Gasteiger partial charge in [0, 0.05) is 32.0 Å². The zero-order valence-corrected chi connectivity index (χ0v) is 11.8. The Kier molecular flexibility index (Phi) is 6.84. The number of hydrogen-bond donors (Lipinski definition) is 2. The lowest BCUT2D eigenvalue weighted by Crippen LogP contribution is -2.40. The summed E-state index contributed by atoms with van der Waals surface area (Å²) in [6, 6.07) is 0.150. The van der Waals surface area contributed by atoms with Crippen LogP contribution < -0.4 is 5.73 Å². The molecule has 0 aromatic heterocycles. The van der Waals surface area contributed by atoms with Gasteiger partial charge < -0.3 is 15.7 Å². The van der Waals surface area contributed by atoms with E-state index < -0.39 is 5.97 Å². The van der Waals surface area contributed by atoms with Gasteiger partial charge in [0.05, 0.1) is 0 Å². The maximum Gasteiger partial charge on any atom is 0.303 e. The molecule has 1 rings (SSSR count). The van der Waals surface area contributed by atoms with Crippen molar-refractivity contribution in [3.8, 4) is 0 Å². The van der Waals surface area contributed by atoms with Crippen LogP contribution in [0.3, 0.4) is 0 Å². The SMILES string of the molecule is CC(N)CCCC(=O)N1CCCC(CCC(=O)O)C1. The van der Waals surface area contributed by atoms with Crippen LogP contribution in [0.1, 0.15) is 51.9 Å². The summed E-state index contributed by atoms with van der Waals surface area (Å²) < 4.78 is 0. The molecule has 3 N–H and O–H groups in total. The van der Waals surface area contributed by atoms with Crippen LogP contribution in [0.15, 0.2) is 0 Å². The number of rotatable bonds is 7. The van der Waals surface area contributed by atoms with Crippen molar-refractivity contribution < 1.29 is 14.7 Å². The molecule has 2 atom stereocenters. The van der Waals surface area contributed by atoms with Gasteiger partial charge in [0.15, 0.2) is 0 Å². The Bertz CT molecular complexity index is 305. The van der Waals surface area contributed by atoms with Crippen LogP contribution in [-0.2, 0) is 9.59 Å². The molecule has 1 amide bonds. The second-order valence-corrected chi connectivity index (χ2v) is 5.65. The summed E-state index contributed by atoms with van der Waals surface area (Å²) in [5, 5.41) is 8.69. The first-order valence-electron chi connectivity index (χ1n) is 7.24. The smallest absolute Gasteiger partial charge is 0.303 e. The van der Waals surface area contributed by atoms with E-state index in [1.54, 1.807) is 0 Å². The molecule has 110 valence electrons. The minimum absolute atomic E-state index is 0.150. The van der Waals surface area contributed by atoms with Crippen molar-refractivity contribution >= 4 is 11.9 Å². The Morgan fingerprint density at radius 3 is 2.79 bits per heavy atom. The average molecular weight is 270 g/mol. The molecule has 5 nitrogen and oxygen atoms in total. The first-order chi connectivity index (χ1) is 8.99. The first-order valence-corrected chi connectivity index (χ1v) is 7.24. The van der Waals surface area contributed by atoms with E-state index in [-0.39, 0.29) is 18.4 Å². The van der Waals surface area contributed by atoms with E-state index in [0.29, 0.717) is 18.8 Å². The van der Waals surface area contributed by atoms with Gasteiger partial charge in [-0.05, 0) is 44.9 Å². The van der Waals surface area contributed by atoms with Crippen molar-refractivity contribution in [2.24, 2.45) is 11.7 Å². The Balaban J connectivity index is 2.28. The molecule has 0 radical (unpaired) electrons. The number of carboxylic acids is 1. The van der Waals surface area contributed by atoms with E-state index in [1.807, 2.05) is 11.8 Å². The molecule has 19 heavy (non-hydrogen) atoms. The van der Waals surface area contributed by atoms with Gasteiger partial charge in [-0.2, -0.15) is 0 Å². The molecule has 0 aromatic carbocycles. The highest BCUT2D eigenvalue weighted by Crippen LogP contribution is 2.21. The lowest BCUT2D eigenvalue weighted by Gasteiger charge is -2.32. The molecule has 5 heteroatoms. The van der Waals surface area contributed by atoms with Gasteiger partial charge in [-0.3, -0.25) is 9.59 Å². The van der Waals surface area contributed by atoms with Crippen LogP contribution in [0, 0.1) is 5.92 Å². The molecule has 0 saturated carbocycles. The molecular weight excluding hydrogens is 244 g/mol. The maximum absolute atomic E-state index is 12.0. The van der Waals surface area contributed by atoms with Gasteiger partial charge >= 0.3 is 5.97 Å². The van der Waals surface area contributed by atoms with Crippen LogP contribution in [0.4, 0.5) is 0 Å². The van der Waals surface area contributed by atoms with Gasteiger partial charge in [0.25, 0.3) is 0 Å². The largest absolute Gasteiger partial charge is 0.481 e. The van der Waals surface area contributed by atoms with Crippen LogP contribution in [0.2, 0.25) is 0 Å². The predicted molar refractivity (Wildman–Crippen MR) is 73.7 cm³/mol. The van der Waals surface area contributed by atoms with Crippen LogP contribution in [0.5, 0.6) is 0 Å². The summed E-state index contributed by atoms with van der Waals surface area (Å²) in [7, 11) is 0. The van der Waals surface area contributed by atoms with Crippen molar-refractivity contribution in [1.82, 2.24) is 4.90 Å². The van der Waals surface area contributed by atoms with Crippen LogP contribution in [0.25, 0.3) is 0 Å². The first kappa shape index (κ1) is 16.0. The third-order valence-corrected chi connectivity index (χ3v) is 3.69. The lowest BCUT2D eigenvalue weighted by atomic mass is 9.93. The third-order valence-electron chi connectivity index (χ3n) is 3.69. The Hall–Kier alpha value is -1.10. The Morgan fingerprint density at radius 2 is 2.16 bits per heavy atom. The third kappa shape index (κ3) is 6.57. The fraction of sp³-hybridized carbons (Fsp3) is 0.857. The fourth-order valence-electron chi connectivity index (χ4n) is 2.59. The zero-order valence-electron chi connectivity index (χ0n) is 11.8. The molecule has 1 aliphatic rings. The molecule has 0 aliphatic carbocycles.